The van der Waals surface area contributed by atoms with Gasteiger partial charge in [-0.2, -0.15) is 0 Å². The molecule has 1 unspecified atom stereocenters. The molecule has 4 heterocycles. The maximum absolute atomic E-state index is 5.52. The standard InChI is InChI=1S/C16H21N3O2.ClH/c1-10-3-4-12-15(14(10)20-2)21-18-16(12)17-13-9-19-7-5-11(13)6-8-19;/h3-4,11,13H,5-9H2,1-2H3,(H,17,18);1H. The Kier molecular flexibility index (Phi) is 4.19. The van der Waals surface area contributed by atoms with Crippen LogP contribution < -0.4 is 10.1 Å². The summed E-state index contributed by atoms with van der Waals surface area (Å²) in [4.78, 5) is 2.53. The van der Waals surface area contributed by atoms with E-state index in [0.717, 1.165) is 40.6 Å². The number of aromatic nitrogens is 1. The topological polar surface area (TPSA) is 50.5 Å². The maximum atomic E-state index is 5.52. The van der Waals surface area contributed by atoms with Crippen molar-refractivity contribution in [3.05, 3.63) is 17.7 Å². The fourth-order valence-electron chi connectivity index (χ4n) is 3.74. The minimum Gasteiger partial charge on any atom is -0.492 e. The minimum atomic E-state index is 0. The van der Waals surface area contributed by atoms with E-state index in [1.54, 1.807) is 7.11 Å². The van der Waals surface area contributed by atoms with Gasteiger partial charge in [0.25, 0.3) is 0 Å². The molecule has 22 heavy (non-hydrogen) atoms. The molecule has 5 nitrogen and oxygen atoms in total. The van der Waals surface area contributed by atoms with E-state index in [1.807, 2.05) is 6.92 Å². The summed E-state index contributed by atoms with van der Waals surface area (Å²) in [5.41, 5.74) is 1.80. The summed E-state index contributed by atoms with van der Waals surface area (Å²) in [6, 6.07) is 4.60. The van der Waals surface area contributed by atoms with E-state index in [1.165, 1.54) is 25.9 Å². The van der Waals surface area contributed by atoms with Gasteiger partial charge in [0.1, 0.15) is 0 Å². The molecule has 0 spiro atoms. The van der Waals surface area contributed by atoms with E-state index in [4.69, 9.17) is 9.26 Å². The number of nitrogens with one attached hydrogen (secondary N) is 1. The van der Waals surface area contributed by atoms with Gasteiger partial charge in [-0.1, -0.05) is 11.2 Å². The Morgan fingerprint density at radius 3 is 2.73 bits per heavy atom. The van der Waals surface area contributed by atoms with Gasteiger partial charge in [0.15, 0.2) is 11.6 Å². The zero-order chi connectivity index (χ0) is 14.4. The largest absolute Gasteiger partial charge is 0.492 e. The molecular formula is C16H22ClN3O2. The highest BCUT2D eigenvalue weighted by molar-refractivity contribution is 5.93. The van der Waals surface area contributed by atoms with Crippen LogP contribution in [-0.2, 0) is 0 Å². The predicted octanol–water partition coefficient (Wildman–Crippen LogP) is 3.07. The molecule has 1 aromatic carbocycles. The molecule has 6 heteroatoms. The number of halogens is 1. The Labute approximate surface area is 136 Å². The third kappa shape index (κ3) is 2.42. The van der Waals surface area contributed by atoms with Gasteiger partial charge in [0.05, 0.1) is 12.5 Å². The average Bonchev–Trinajstić information content (AvgIpc) is 2.91. The summed E-state index contributed by atoms with van der Waals surface area (Å²) in [7, 11) is 1.67. The molecule has 0 radical (unpaired) electrons. The van der Waals surface area contributed by atoms with Gasteiger partial charge in [-0.05, 0) is 50.4 Å². The molecule has 2 bridgehead atoms. The maximum Gasteiger partial charge on any atom is 0.211 e. The van der Waals surface area contributed by atoms with Crippen molar-refractivity contribution in [3.63, 3.8) is 0 Å². The Balaban J connectivity index is 0.00000144. The normalized spacial score (nSPS) is 26.7. The SMILES string of the molecule is COc1c(C)ccc2c(NC3CN4CCC3CC4)noc12.Cl. The van der Waals surface area contributed by atoms with Gasteiger partial charge in [-0.3, -0.25) is 0 Å². The quantitative estimate of drug-likeness (QED) is 0.940. The van der Waals surface area contributed by atoms with Gasteiger partial charge < -0.3 is 19.5 Å². The van der Waals surface area contributed by atoms with Crippen LogP contribution in [0.4, 0.5) is 5.82 Å². The number of piperidine rings is 3. The van der Waals surface area contributed by atoms with Crippen LogP contribution in [0.25, 0.3) is 11.0 Å². The molecule has 3 aliphatic heterocycles. The molecule has 1 N–H and O–H groups in total. The number of ether oxygens (including phenoxy) is 1. The second-order valence-electron chi connectivity index (χ2n) is 6.21. The highest BCUT2D eigenvalue weighted by Crippen LogP contribution is 2.35. The summed E-state index contributed by atoms with van der Waals surface area (Å²) in [6.45, 7) is 5.62. The van der Waals surface area contributed by atoms with Crippen molar-refractivity contribution in [2.45, 2.75) is 25.8 Å². The molecule has 1 aromatic heterocycles. The number of fused-ring (bicyclic) bond motifs is 4. The number of anilines is 1. The molecule has 3 saturated heterocycles. The van der Waals surface area contributed by atoms with Crippen LogP contribution in [0, 0.1) is 12.8 Å². The van der Waals surface area contributed by atoms with E-state index in [2.05, 4.69) is 27.5 Å². The van der Waals surface area contributed by atoms with Crippen LogP contribution in [-0.4, -0.2) is 42.8 Å². The lowest BCUT2D eigenvalue weighted by Gasteiger charge is -2.44. The van der Waals surface area contributed by atoms with E-state index in [0.29, 0.717) is 6.04 Å². The predicted molar refractivity (Wildman–Crippen MR) is 89.1 cm³/mol. The molecule has 0 amide bonds. The van der Waals surface area contributed by atoms with Crippen molar-refractivity contribution in [1.82, 2.24) is 10.1 Å². The third-order valence-electron chi connectivity index (χ3n) is 4.97. The fraction of sp³-hybridized carbons (Fsp3) is 0.562. The van der Waals surface area contributed by atoms with Crippen LogP contribution >= 0.6 is 12.4 Å². The van der Waals surface area contributed by atoms with E-state index >= 15 is 0 Å². The Morgan fingerprint density at radius 1 is 1.32 bits per heavy atom. The lowest BCUT2D eigenvalue weighted by atomic mass is 9.84. The van der Waals surface area contributed by atoms with Gasteiger partial charge in [0, 0.05) is 12.6 Å². The van der Waals surface area contributed by atoms with Crippen molar-refractivity contribution in [3.8, 4) is 5.75 Å². The second-order valence-corrected chi connectivity index (χ2v) is 6.21. The van der Waals surface area contributed by atoms with Gasteiger partial charge in [-0.15, -0.1) is 12.4 Å². The number of nitrogens with zero attached hydrogens (tertiary/aromatic N) is 2. The molecule has 2 aromatic rings. The number of hydrogen-bond acceptors (Lipinski definition) is 5. The van der Waals surface area contributed by atoms with Gasteiger partial charge in [-0.25, -0.2) is 0 Å². The van der Waals surface area contributed by atoms with Crippen molar-refractivity contribution < 1.29 is 9.26 Å². The first-order valence-electron chi connectivity index (χ1n) is 7.68. The average molecular weight is 324 g/mol. The first-order valence-corrected chi connectivity index (χ1v) is 7.68. The molecule has 5 rings (SSSR count). The van der Waals surface area contributed by atoms with Gasteiger partial charge >= 0.3 is 0 Å². The number of methoxy groups -OCH3 is 1. The lowest BCUT2D eigenvalue weighted by Crippen LogP contribution is -2.53. The highest BCUT2D eigenvalue weighted by atomic mass is 35.5. The van der Waals surface area contributed by atoms with Crippen LogP contribution in [0.5, 0.6) is 5.75 Å². The van der Waals surface area contributed by atoms with E-state index in [9.17, 15) is 0 Å². The third-order valence-corrected chi connectivity index (χ3v) is 4.97. The summed E-state index contributed by atoms with van der Waals surface area (Å²) in [6.07, 6.45) is 2.58. The lowest BCUT2D eigenvalue weighted by molar-refractivity contribution is 0.0973. The van der Waals surface area contributed by atoms with Crippen LogP contribution in [0.15, 0.2) is 16.7 Å². The zero-order valence-electron chi connectivity index (χ0n) is 13.0. The Hall–Kier alpha value is -1.46. The van der Waals surface area contributed by atoms with Crippen molar-refractivity contribution in [1.29, 1.82) is 0 Å². The summed E-state index contributed by atoms with van der Waals surface area (Å²) < 4.78 is 11.0. The van der Waals surface area contributed by atoms with Crippen LogP contribution in [0.3, 0.4) is 0 Å². The molecule has 0 saturated carbocycles. The minimum absolute atomic E-state index is 0. The van der Waals surface area contributed by atoms with Crippen molar-refractivity contribution in [2.24, 2.45) is 5.92 Å². The monoisotopic (exact) mass is 323 g/mol. The smallest absolute Gasteiger partial charge is 0.211 e. The zero-order valence-corrected chi connectivity index (χ0v) is 13.8. The number of hydrogen-bond donors (Lipinski definition) is 1. The van der Waals surface area contributed by atoms with E-state index < -0.39 is 0 Å². The number of benzene rings is 1. The molecule has 3 fully saturated rings. The van der Waals surface area contributed by atoms with Crippen molar-refractivity contribution in [2.75, 3.05) is 32.1 Å². The highest BCUT2D eigenvalue weighted by Gasteiger charge is 2.34. The molecular weight excluding hydrogens is 302 g/mol. The second kappa shape index (κ2) is 5.97. The molecule has 0 aliphatic carbocycles. The number of aryl methyl sites for hydroxylation is 1. The molecule has 1 atom stereocenters. The first-order chi connectivity index (χ1) is 10.3. The first kappa shape index (κ1) is 15.4. The van der Waals surface area contributed by atoms with E-state index in [-0.39, 0.29) is 12.4 Å². The molecule has 120 valence electrons. The Morgan fingerprint density at radius 2 is 2.09 bits per heavy atom. The summed E-state index contributed by atoms with van der Waals surface area (Å²) >= 11 is 0. The van der Waals surface area contributed by atoms with Crippen LogP contribution in [0.1, 0.15) is 18.4 Å². The molecule has 3 aliphatic rings. The van der Waals surface area contributed by atoms with Crippen LogP contribution in [0.2, 0.25) is 0 Å². The summed E-state index contributed by atoms with van der Waals surface area (Å²) in [5, 5.41) is 8.85. The number of rotatable bonds is 3. The van der Waals surface area contributed by atoms with Gasteiger partial charge in [0.2, 0.25) is 5.58 Å². The summed E-state index contributed by atoms with van der Waals surface area (Å²) in [5.74, 6) is 2.39. The van der Waals surface area contributed by atoms with Crippen molar-refractivity contribution >= 4 is 29.2 Å². The Bertz CT molecular complexity index is 665. The fourth-order valence-corrected chi connectivity index (χ4v) is 3.74.